The van der Waals surface area contributed by atoms with Crippen molar-refractivity contribution in [1.82, 2.24) is 14.8 Å². The number of aliphatic hydroxyl groups is 1. The number of pyridine rings is 1. The van der Waals surface area contributed by atoms with Gasteiger partial charge in [0.05, 0.1) is 34.9 Å². The van der Waals surface area contributed by atoms with E-state index in [2.05, 4.69) is 15.4 Å². The third-order valence-corrected chi connectivity index (χ3v) is 6.00. The van der Waals surface area contributed by atoms with E-state index in [0.29, 0.717) is 24.2 Å². The summed E-state index contributed by atoms with van der Waals surface area (Å²) in [6, 6.07) is 5.79. The molecule has 7 nitrogen and oxygen atoms in total. The van der Waals surface area contributed by atoms with Crippen LogP contribution in [0.25, 0.3) is 11.3 Å². The number of ether oxygens (including phenoxy) is 1. The third kappa shape index (κ3) is 4.84. The summed E-state index contributed by atoms with van der Waals surface area (Å²) in [7, 11) is 1.70. The SMILES string of the molecule is Cn1ncc(NC(O)c2ccc(F)c(-c3cccc(F)c3Cl)n2)c1[C@@H]1CC[C@@H](N)[C@H](F)CO1. The van der Waals surface area contributed by atoms with Crippen LogP contribution >= 0.6 is 11.6 Å². The van der Waals surface area contributed by atoms with Crippen LogP contribution in [0, 0.1) is 11.6 Å². The first kappa shape index (κ1) is 23.5. The van der Waals surface area contributed by atoms with Crippen LogP contribution in [0.5, 0.6) is 0 Å². The Labute approximate surface area is 193 Å². The second-order valence-electron chi connectivity index (χ2n) is 7.86. The molecule has 4 rings (SSSR count). The smallest absolute Gasteiger partial charge is 0.168 e. The lowest BCUT2D eigenvalue weighted by molar-refractivity contribution is 0.0246. The van der Waals surface area contributed by atoms with Gasteiger partial charge in [-0.25, -0.2) is 18.2 Å². The molecule has 1 aliphatic heterocycles. The molecule has 0 spiro atoms. The molecule has 1 unspecified atom stereocenters. The van der Waals surface area contributed by atoms with E-state index in [0.717, 1.165) is 12.1 Å². The van der Waals surface area contributed by atoms with Crippen LogP contribution < -0.4 is 11.1 Å². The number of nitrogens with zero attached hydrogens (tertiary/aromatic N) is 3. The molecule has 3 heterocycles. The Bertz CT molecular complexity index is 1130. The van der Waals surface area contributed by atoms with Gasteiger partial charge in [0.1, 0.15) is 29.6 Å². The molecule has 1 saturated heterocycles. The number of hydrogen-bond acceptors (Lipinski definition) is 6. The normalized spacial score (nSPS) is 22.1. The fourth-order valence-electron chi connectivity index (χ4n) is 3.80. The fourth-order valence-corrected chi connectivity index (χ4v) is 4.02. The number of nitrogens with one attached hydrogen (secondary N) is 1. The number of alkyl halides is 1. The van der Waals surface area contributed by atoms with E-state index in [1.54, 1.807) is 11.7 Å². The highest BCUT2D eigenvalue weighted by Crippen LogP contribution is 2.34. The van der Waals surface area contributed by atoms with Crippen LogP contribution in [0.4, 0.5) is 18.9 Å². The van der Waals surface area contributed by atoms with Crippen LogP contribution in [0.2, 0.25) is 5.02 Å². The maximum atomic E-state index is 14.5. The maximum Gasteiger partial charge on any atom is 0.168 e. The van der Waals surface area contributed by atoms with Gasteiger partial charge in [0.25, 0.3) is 0 Å². The zero-order valence-corrected chi connectivity index (χ0v) is 18.4. The summed E-state index contributed by atoms with van der Waals surface area (Å²) in [6.07, 6.45) is -0.711. The van der Waals surface area contributed by atoms with Crippen molar-refractivity contribution in [2.75, 3.05) is 11.9 Å². The zero-order chi connectivity index (χ0) is 23.7. The first-order valence-electron chi connectivity index (χ1n) is 10.3. The summed E-state index contributed by atoms with van der Waals surface area (Å²) in [5.74, 6) is -1.43. The number of nitrogens with two attached hydrogens (primary N) is 1. The Balaban J connectivity index is 1.60. The number of aromatic nitrogens is 3. The lowest BCUT2D eigenvalue weighted by Crippen LogP contribution is -2.32. The van der Waals surface area contributed by atoms with E-state index >= 15 is 0 Å². The molecule has 176 valence electrons. The predicted octanol–water partition coefficient (Wildman–Crippen LogP) is 4.03. The highest BCUT2D eigenvalue weighted by atomic mass is 35.5. The van der Waals surface area contributed by atoms with E-state index in [4.69, 9.17) is 22.1 Å². The zero-order valence-electron chi connectivity index (χ0n) is 17.7. The van der Waals surface area contributed by atoms with Gasteiger partial charge in [-0.1, -0.05) is 23.7 Å². The summed E-state index contributed by atoms with van der Waals surface area (Å²) in [5.41, 5.74) is 6.81. The molecule has 4 atom stereocenters. The molecule has 1 fully saturated rings. The first-order valence-corrected chi connectivity index (χ1v) is 10.7. The molecular formula is C22H23ClF3N5O2. The van der Waals surface area contributed by atoms with Gasteiger partial charge in [-0.3, -0.25) is 4.68 Å². The number of aliphatic hydroxyl groups excluding tert-OH is 1. The highest BCUT2D eigenvalue weighted by molar-refractivity contribution is 6.33. The number of hydrogen-bond donors (Lipinski definition) is 3. The minimum Gasteiger partial charge on any atom is -0.369 e. The van der Waals surface area contributed by atoms with Gasteiger partial charge < -0.3 is 20.9 Å². The average Bonchev–Trinajstić information content (AvgIpc) is 3.06. The standard InChI is InChI=1S/C22H23ClF3N5O2/c1-31-21(18-8-6-15(27)14(26)10-33-18)17(9-28-31)30-22(32)16-7-5-13(25)20(29-16)11-3-2-4-12(24)19(11)23/h2-5,7,9,14-15,18,22,30,32H,6,8,10,27H2,1H3/t14-,15-,18+,22?/m1/s1. The molecule has 0 bridgehead atoms. The molecule has 0 aliphatic carbocycles. The number of halogens is 4. The van der Waals surface area contributed by atoms with Crippen LogP contribution in [0.15, 0.2) is 36.5 Å². The number of benzene rings is 1. The monoisotopic (exact) mass is 481 g/mol. The van der Waals surface area contributed by atoms with Gasteiger partial charge in [0.2, 0.25) is 0 Å². The van der Waals surface area contributed by atoms with Gasteiger partial charge in [-0.05, 0) is 31.0 Å². The van der Waals surface area contributed by atoms with Crippen molar-refractivity contribution in [2.45, 2.75) is 37.4 Å². The quantitative estimate of drug-likeness (QED) is 0.476. The third-order valence-electron chi connectivity index (χ3n) is 5.62. The predicted molar refractivity (Wildman–Crippen MR) is 117 cm³/mol. The van der Waals surface area contributed by atoms with Crippen LogP contribution in [-0.4, -0.2) is 38.7 Å². The molecule has 2 aromatic heterocycles. The van der Waals surface area contributed by atoms with Crippen molar-refractivity contribution in [3.63, 3.8) is 0 Å². The molecule has 1 aliphatic rings. The van der Waals surface area contributed by atoms with Crippen molar-refractivity contribution in [1.29, 1.82) is 0 Å². The van der Waals surface area contributed by atoms with E-state index in [-0.39, 0.29) is 28.6 Å². The van der Waals surface area contributed by atoms with Crippen LogP contribution in [0.3, 0.4) is 0 Å². The maximum absolute atomic E-state index is 14.5. The van der Waals surface area contributed by atoms with Crippen molar-refractivity contribution in [2.24, 2.45) is 12.8 Å². The van der Waals surface area contributed by atoms with E-state index in [9.17, 15) is 18.3 Å². The fraction of sp³-hybridized carbons (Fsp3) is 0.364. The first-order chi connectivity index (χ1) is 15.8. The van der Waals surface area contributed by atoms with Crippen LogP contribution in [-0.2, 0) is 11.8 Å². The second kappa shape index (κ2) is 9.68. The molecular weight excluding hydrogens is 459 g/mol. The molecule has 11 heteroatoms. The van der Waals surface area contributed by atoms with Gasteiger partial charge in [0.15, 0.2) is 6.23 Å². The summed E-state index contributed by atoms with van der Waals surface area (Å²) < 4.78 is 49.5. The Morgan fingerprint density at radius 1 is 1.24 bits per heavy atom. The molecule has 4 N–H and O–H groups in total. The Kier molecular flexibility index (Phi) is 6.89. The Hall–Kier alpha value is -2.66. The number of anilines is 1. The van der Waals surface area contributed by atoms with Crippen molar-refractivity contribution in [3.05, 3.63) is 64.6 Å². The highest BCUT2D eigenvalue weighted by Gasteiger charge is 2.30. The largest absolute Gasteiger partial charge is 0.369 e. The summed E-state index contributed by atoms with van der Waals surface area (Å²) in [5, 5.41) is 17.6. The van der Waals surface area contributed by atoms with Crippen LogP contribution in [0.1, 0.15) is 36.6 Å². The average molecular weight is 482 g/mol. The van der Waals surface area contributed by atoms with Crippen molar-refractivity contribution < 1.29 is 23.0 Å². The summed E-state index contributed by atoms with van der Waals surface area (Å²) in [6.45, 7) is -0.143. The van der Waals surface area contributed by atoms with Gasteiger partial charge in [-0.15, -0.1) is 0 Å². The number of aryl methyl sites for hydroxylation is 1. The Morgan fingerprint density at radius 2 is 2.03 bits per heavy atom. The van der Waals surface area contributed by atoms with Gasteiger partial charge in [0, 0.05) is 18.7 Å². The van der Waals surface area contributed by atoms with E-state index < -0.39 is 36.2 Å². The van der Waals surface area contributed by atoms with Gasteiger partial charge >= 0.3 is 0 Å². The second-order valence-corrected chi connectivity index (χ2v) is 8.24. The molecule has 0 saturated carbocycles. The van der Waals surface area contributed by atoms with Gasteiger partial charge in [-0.2, -0.15) is 5.10 Å². The molecule has 0 amide bonds. The lowest BCUT2D eigenvalue weighted by atomic mass is 10.0. The Morgan fingerprint density at radius 3 is 2.82 bits per heavy atom. The summed E-state index contributed by atoms with van der Waals surface area (Å²) >= 11 is 5.98. The minimum atomic E-state index is -1.36. The van der Waals surface area contributed by atoms with E-state index in [1.165, 1.54) is 24.4 Å². The number of rotatable bonds is 5. The summed E-state index contributed by atoms with van der Waals surface area (Å²) in [4.78, 5) is 4.16. The topological polar surface area (TPSA) is 98.2 Å². The molecule has 33 heavy (non-hydrogen) atoms. The molecule has 3 aromatic rings. The lowest BCUT2D eigenvalue weighted by Gasteiger charge is -2.20. The van der Waals surface area contributed by atoms with E-state index in [1.807, 2.05) is 0 Å². The molecule has 1 aromatic carbocycles. The van der Waals surface area contributed by atoms with Crippen molar-refractivity contribution >= 4 is 17.3 Å². The minimum absolute atomic E-state index is 0.0641. The molecule has 0 radical (unpaired) electrons. The van der Waals surface area contributed by atoms with Crippen molar-refractivity contribution in [3.8, 4) is 11.3 Å².